The summed E-state index contributed by atoms with van der Waals surface area (Å²) >= 11 is 1.58. The van der Waals surface area contributed by atoms with Crippen LogP contribution in [-0.4, -0.2) is 22.1 Å². The van der Waals surface area contributed by atoms with E-state index >= 15 is 0 Å². The maximum absolute atomic E-state index is 11.2. The van der Waals surface area contributed by atoms with Gasteiger partial charge in [-0.15, -0.1) is 11.3 Å². The second-order valence-corrected chi connectivity index (χ2v) is 11.1. The molecular formula is C32H35N2NaO3S. The molecule has 0 bridgehead atoms. The van der Waals surface area contributed by atoms with Gasteiger partial charge in [-0.3, -0.25) is 0 Å². The van der Waals surface area contributed by atoms with Crippen molar-refractivity contribution >= 4 is 28.1 Å². The summed E-state index contributed by atoms with van der Waals surface area (Å²) in [6.07, 6.45) is 6.72. The van der Waals surface area contributed by atoms with Crippen molar-refractivity contribution in [3.8, 4) is 17.0 Å². The van der Waals surface area contributed by atoms with Crippen LogP contribution in [-0.2, 0) is 6.61 Å². The molecule has 1 aliphatic carbocycles. The molecule has 1 N–H and O–H groups in total. The van der Waals surface area contributed by atoms with Crippen molar-refractivity contribution in [1.29, 1.82) is 0 Å². The van der Waals surface area contributed by atoms with Gasteiger partial charge in [-0.25, -0.2) is 9.78 Å². The summed E-state index contributed by atoms with van der Waals surface area (Å²) in [6, 6.07) is 24.1. The maximum atomic E-state index is 11.2. The van der Waals surface area contributed by atoms with E-state index in [9.17, 15) is 9.90 Å². The first-order valence-corrected chi connectivity index (χ1v) is 14.3. The van der Waals surface area contributed by atoms with Gasteiger partial charge in [0.15, 0.2) is 5.13 Å². The molecule has 0 spiro atoms. The molecular weight excluding hydrogens is 515 g/mol. The summed E-state index contributed by atoms with van der Waals surface area (Å²) in [5, 5.41) is 12.1. The van der Waals surface area contributed by atoms with Crippen LogP contribution in [0.4, 0.5) is 10.8 Å². The van der Waals surface area contributed by atoms with Crippen LogP contribution in [0.1, 0.15) is 74.8 Å². The second kappa shape index (κ2) is 13.6. The van der Waals surface area contributed by atoms with Gasteiger partial charge in [-0.1, -0.05) is 43.5 Å². The van der Waals surface area contributed by atoms with E-state index in [-0.39, 0.29) is 42.6 Å². The Labute approximate surface area is 258 Å². The molecule has 0 amide bonds. The minimum Gasteiger partial charge on any atom is -1.00 e. The number of carboxylic acid groups (broad SMARTS) is 1. The standard InChI is InChI=1S/C32H34N2O3S.Na.H/c1-22(2)34(28-16-12-27(13-17-28)31(35)36)32-33-30(21-38-32)26-14-18-29(19-15-26)37-20-23-8-10-25(11-9-23)24-6-4-3-5-7-24;;/h8-19,21-22,24H,3-7,20H2,1-2H3,(H,35,36);;/q;+1;-1. The number of hydrogen-bond donors (Lipinski definition) is 1. The summed E-state index contributed by atoms with van der Waals surface area (Å²) in [7, 11) is 0. The largest absolute Gasteiger partial charge is 1.00 e. The van der Waals surface area contributed by atoms with Crippen LogP contribution < -0.4 is 39.2 Å². The molecule has 4 aromatic rings. The SMILES string of the molecule is CC(C)N(c1ccc(C(=O)O)cc1)c1nc(-c2ccc(OCc3ccc(C4CCCCC4)cc3)cc2)cs1.[H-].[Na+]. The number of carbonyl (C=O) groups is 1. The second-order valence-electron chi connectivity index (χ2n) is 10.2. The summed E-state index contributed by atoms with van der Waals surface area (Å²) in [6.45, 7) is 4.75. The predicted octanol–water partition coefficient (Wildman–Crippen LogP) is 5.80. The molecule has 39 heavy (non-hydrogen) atoms. The normalized spacial score (nSPS) is 13.6. The van der Waals surface area contributed by atoms with Crippen molar-refractivity contribution in [2.75, 3.05) is 4.90 Å². The fourth-order valence-corrected chi connectivity index (χ4v) is 6.10. The van der Waals surface area contributed by atoms with Gasteiger partial charge < -0.3 is 16.2 Å². The van der Waals surface area contributed by atoms with E-state index in [1.54, 1.807) is 23.5 Å². The summed E-state index contributed by atoms with van der Waals surface area (Å²) in [4.78, 5) is 18.2. The minimum atomic E-state index is -0.927. The average Bonchev–Trinajstić information content (AvgIpc) is 3.43. The number of benzene rings is 3. The number of thiazole rings is 1. The molecule has 1 aromatic heterocycles. The van der Waals surface area contributed by atoms with E-state index in [2.05, 4.69) is 48.4 Å². The fraction of sp³-hybridized carbons (Fsp3) is 0.312. The average molecular weight is 551 g/mol. The van der Waals surface area contributed by atoms with Gasteiger partial charge >= 0.3 is 35.5 Å². The van der Waals surface area contributed by atoms with Crippen molar-refractivity contribution in [2.45, 2.75) is 64.5 Å². The number of anilines is 2. The van der Waals surface area contributed by atoms with Crippen LogP contribution in [0, 0.1) is 0 Å². The molecule has 1 heterocycles. The molecule has 198 valence electrons. The Kier molecular flexibility index (Phi) is 10.2. The van der Waals surface area contributed by atoms with Crippen molar-refractivity contribution < 1.29 is 45.6 Å². The van der Waals surface area contributed by atoms with Gasteiger partial charge in [0.1, 0.15) is 12.4 Å². The van der Waals surface area contributed by atoms with E-state index in [1.165, 1.54) is 43.2 Å². The van der Waals surface area contributed by atoms with E-state index < -0.39 is 5.97 Å². The first-order valence-electron chi connectivity index (χ1n) is 13.4. The molecule has 0 aliphatic heterocycles. The zero-order valence-corrected chi connectivity index (χ0v) is 25.8. The van der Waals surface area contributed by atoms with E-state index in [4.69, 9.17) is 9.72 Å². The molecule has 1 aliphatic rings. The number of aromatic nitrogens is 1. The number of hydrogen-bond acceptors (Lipinski definition) is 5. The maximum Gasteiger partial charge on any atom is 1.00 e. The van der Waals surface area contributed by atoms with Gasteiger partial charge in [0.25, 0.3) is 0 Å². The molecule has 5 rings (SSSR count). The predicted molar refractivity (Wildman–Crippen MR) is 156 cm³/mol. The Morgan fingerprint density at radius 3 is 2.28 bits per heavy atom. The number of ether oxygens (including phenoxy) is 1. The molecule has 1 saturated carbocycles. The van der Waals surface area contributed by atoms with Gasteiger partial charge in [-0.2, -0.15) is 0 Å². The van der Waals surface area contributed by atoms with Crippen LogP contribution in [0.3, 0.4) is 0 Å². The topological polar surface area (TPSA) is 62.7 Å². The first kappa shape index (κ1) is 29.3. The monoisotopic (exact) mass is 550 g/mol. The zero-order chi connectivity index (χ0) is 26.5. The molecule has 0 radical (unpaired) electrons. The van der Waals surface area contributed by atoms with Gasteiger partial charge in [-0.05, 0) is 92.3 Å². The molecule has 0 unspecified atom stereocenters. The minimum absolute atomic E-state index is 0. The molecule has 0 atom stereocenters. The number of carboxylic acids is 1. The molecule has 7 heteroatoms. The van der Waals surface area contributed by atoms with Crippen LogP contribution >= 0.6 is 11.3 Å². The third-order valence-corrected chi connectivity index (χ3v) is 8.06. The molecule has 3 aromatic carbocycles. The van der Waals surface area contributed by atoms with Crippen molar-refractivity contribution in [3.63, 3.8) is 0 Å². The third-order valence-electron chi connectivity index (χ3n) is 7.22. The third kappa shape index (κ3) is 7.31. The Hall–Kier alpha value is -2.64. The smallest absolute Gasteiger partial charge is 1.00 e. The number of nitrogens with zero attached hydrogens (tertiary/aromatic N) is 2. The van der Waals surface area contributed by atoms with Crippen molar-refractivity contribution in [2.24, 2.45) is 0 Å². The number of aromatic carboxylic acids is 1. The summed E-state index contributed by atoms with van der Waals surface area (Å²) < 4.78 is 6.06. The van der Waals surface area contributed by atoms with Crippen LogP contribution in [0.25, 0.3) is 11.3 Å². The van der Waals surface area contributed by atoms with Crippen molar-refractivity contribution in [3.05, 3.63) is 94.9 Å². The first-order chi connectivity index (χ1) is 18.5. The quantitative estimate of drug-likeness (QED) is 0.267. The Balaban J connectivity index is 0.00000220. The van der Waals surface area contributed by atoms with E-state index in [0.717, 1.165) is 33.7 Å². The Morgan fingerprint density at radius 1 is 1.00 bits per heavy atom. The van der Waals surface area contributed by atoms with Gasteiger partial charge in [0, 0.05) is 22.7 Å². The molecule has 5 nitrogen and oxygen atoms in total. The van der Waals surface area contributed by atoms with Gasteiger partial charge in [0.2, 0.25) is 0 Å². The van der Waals surface area contributed by atoms with Crippen molar-refractivity contribution in [1.82, 2.24) is 4.98 Å². The summed E-state index contributed by atoms with van der Waals surface area (Å²) in [5.74, 6) is 0.634. The molecule has 0 saturated heterocycles. The fourth-order valence-electron chi connectivity index (χ4n) is 5.11. The number of rotatable bonds is 9. The van der Waals surface area contributed by atoms with E-state index in [0.29, 0.717) is 6.61 Å². The van der Waals surface area contributed by atoms with Crippen LogP contribution in [0.5, 0.6) is 5.75 Å². The van der Waals surface area contributed by atoms with Crippen LogP contribution in [0.15, 0.2) is 78.2 Å². The molecule has 1 fully saturated rings. The Bertz CT molecular complexity index is 1350. The van der Waals surface area contributed by atoms with E-state index in [1.807, 2.05) is 36.4 Å². The van der Waals surface area contributed by atoms with Crippen LogP contribution in [0.2, 0.25) is 0 Å². The van der Waals surface area contributed by atoms with Gasteiger partial charge in [0.05, 0.1) is 11.3 Å². The summed E-state index contributed by atoms with van der Waals surface area (Å²) in [5.41, 5.74) is 5.78. The zero-order valence-electron chi connectivity index (χ0n) is 24.0. The Morgan fingerprint density at radius 2 is 1.67 bits per heavy atom.